The van der Waals surface area contributed by atoms with Crippen molar-refractivity contribution in [1.82, 2.24) is 25.2 Å². The summed E-state index contributed by atoms with van der Waals surface area (Å²) in [5, 5.41) is 13.6. The van der Waals surface area contributed by atoms with E-state index < -0.39 is 0 Å². The maximum absolute atomic E-state index is 14.6. The Balaban J connectivity index is 1.19. The van der Waals surface area contributed by atoms with Gasteiger partial charge in [-0.15, -0.1) is 0 Å². The number of hydrogen-bond acceptors (Lipinski definition) is 9. The predicted molar refractivity (Wildman–Crippen MR) is 127 cm³/mol. The van der Waals surface area contributed by atoms with Crippen molar-refractivity contribution in [2.45, 2.75) is 25.4 Å². The van der Waals surface area contributed by atoms with Gasteiger partial charge in [-0.1, -0.05) is 0 Å². The van der Waals surface area contributed by atoms with Crippen LogP contribution in [-0.2, 0) is 13.0 Å². The Morgan fingerprint density at radius 3 is 2.89 bits per heavy atom. The number of pyridine rings is 3. The normalized spacial score (nSPS) is 20.2. The van der Waals surface area contributed by atoms with Crippen LogP contribution in [0, 0.1) is 11.7 Å². The molecule has 10 heteroatoms. The van der Waals surface area contributed by atoms with E-state index in [-0.39, 0.29) is 24.4 Å². The number of nitrogens with zero attached hydrogens (tertiary/aromatic N) is 4. The molecule has 0 aromatic carbocycles. The van der Waals surface area contributed by atoms with Gasteiger partial charge < -0.3 is 29.5 Å². The molecular weight excluding hydrogens is 453 g/mol. The number of ether oxygens (including phenoxy) is 3. The number of nitrogens with one attached hydrogen (secondary N) is 1. The first-order valence-electron chi connectivity index (χ1n) is 11.9. The summed E-state index contributed by atoms with van der Waals surface area (Å²) in [7, 11) is 1.54. The number of piperidine rings is 1. The minimum atomic E-state index is -0.361. The van der Waals surface area contributed by atoms with Crippen molar-refractivity contribution in [2.24, 2.45) is 5.92 Å². The first-order valence-corrected chi connectivity index (χ1v) is 11.9. The Labute approximate surface area is 203 Å². The summed E-state index contributed by atoms with van der Waals surface area (Å²) in [4.78, 5) is 15.3. The van der Waals surface area contributed by atoms with Crippen LogP contribution in [-0.4, -0.2) is 77.6 Å². The third kappa shape index (κ3) is 5.29. The van der Waals surface area contributed by atoms with Gasteiger partial charge in [0.25, 0.3) is 0 Å². The molecule has 35 heavy (non-hydrogen) atoms. The number of fused-ring (bicyclic) bond motifs is 2. The molecule has 5 heterocycles. The van der Waals surface area contributed by atoms with Crippen LogP contribution in [0.4, 0.5) is 4.39 Å². The lowest BCUT2D eigenvalue weighted by Crippen LogP contribution is -2.50. The zero-order chi connectivity index (χ0) is 24.2. The summed E-state index contributed by atoms with van der Waals surface area (Å²) in [6, 6.07) is 5.58. The molecule has 1 fully saturated rings. The lowest BCUT2D eigenvalue weighted by atomic mass is 9.92. The van der Waals surface area contributed by atoms with Crippen LogP contribution in [0.15, 0.2) is 30.6 Å². The summed E-state index contributed by atoms with van der Waals surface area (Å²) >= 11 is 0. The zero-order valence-corrected chi connectivity index (χ0v) is 19.7. The molecular formula is C25H30FN5O4. The third-order valence-electron chi connectivity index (χ3n) is 6.71. The van der Waals surface area contributed by atoms with Crippen molar-refractivity contribution < 1.29 is 23.7 Å². The van der Waals surface area contributed by atoms with Crippen molar-refractivity contribution in [3.63, 3.8) is 0 Å². The van der Waals surface area contributed by atoms with Crippen LogP contribution < -0.4 is 19.5 Å². The fourth-order valence-electron chi connectivity index (χ4n) is 4.78. The minimum Gasteiger partial charge on any atom is -0.486 e. The molecule has 2 unspecified atom stereocenters. The van der Waals surface area contributed by atoms with Gasteiger partial charge in [0.1, 0.15) is 19.0 Å². The minimum absolute atomic E-state index is 0.0678. The smallest absolute Gasteiger partial charge is 0.213 e. The van der Waals surface area contributed by atoms with Crippen LogP contribution in [0.1, 0.15) is 17.7 Å². The van der Waals surface area contributed by atoms with Crippen LogP contribution in [0.25, 0.3) is 11.0 Å². The highest BCUT2D eigenvalue weighted by Gasteiger charge is 2.29. The van der Waals surface area contributed by atoms with Gasteiger partial charge in [-0.2, -0.15) is 0 Å². The van der Waals surface area contributed by atoms with Gasteiger partial charge in [-0.05, 0) is 25.5 Å². The van der Waals surface area contributed by atoms with Crippen LogP contribution in [0.2, 0.25) is 0 Å². The van der Waals surface area contributed by atoms with Crippen molar-refractivity contribution in [2.75, 3.05) is 46.6 Å². The quantitative estimate of drug-likeness (QED) is 0.498. The summed E-state index contributed by atoms with van der Waals surface area (Å²) in [6.45, 7) is 3.99. The van der Waals surface area contributed by atoms with E-state index in [0.29, 0.717) is 61.0 Å². The van der Waals surface area contributed by atoms with E-state index in [0.717, 1.165) is 31.0 Å². The van der Waals surface area contributed by atoms with Crippen LogP contribution in [0.3, 0.4) is 0 Å². The largest absolute Gasteiger partial charge is 0.486 e. The Bertz CT molecular complexity index is 1180. The molecule has 5 rings (SSSR count). The maximum Gasteiger partial charge on any atom is 0.213 e. The average molecular weight is 484 g/mol. The van der Waals surface area contributed by atoms with E-state index >= 15 is 0 Å². The molecule has 2 atom stereocenters. The topological polar surface area (TPSA) is 102 Å². The second-order valence-electron chi connectivity index (χ2n) is 8.89. The van der Waals surface area contributed by atoms with E-state index in [1.165, 1.54) is 13.3 Å². The van der Waals surface area contributed by atoms with Crippen molar-refractivity contribution in [1.29, 1.82) is 0 Å². The maximum atomic E-state index is 14.6. The summed E-state index contributed by atoms with van der Waals surface area (Å²) in [5.41, 5.74) is 2.59. The number of halogens is 1. The summed E-state index contributed by atoms with van der Waals surface area (Å²) < 4.78 is 31.0. The number of aliphatic hydroxyl groups excluding tert-OH is 1. The van der Waals surface area contributed by atoms with E-state index in [2.05, 4.69) is 25.2 Å². The van der Waals surface area contributed by atoms with Gasteiger partial charge in [-0.25, -0.2) is 9.37 Å². The van der Waals surface area contributed by atoms with Crippen molar-refractivity contribution in [3.05, 3.63) is 47.7 Å². The molecule has 0 bridgehead atoms. The molecule has 0 radical (unpaired) electrons. The zero-order valence-electron chi connectivity index (χ0n) is 19.7. The van der Waals surface area contributed by atoms with E-state index in [9.17, 15) is 9.50 Å². The standard InChI is InChI=1S/C25H30FN5O4/c1-33-24-3-2-21-25(30-24)18(19(26)12-29-21)4-6-31-7-5-20(16(14-31)15-32)28-11-17-10-22-23(13-27-17)35-9-8-34-22/h2-3,10,12-13,16,20,28,32H,4-9,11,14-15H2,1H3. The van der Waals surface area contributed by atoms with Gasteiger partial charge in [0, 0.05) is 55.9 Å². The third-order valence-corrected chi connectivity index (χ3v) is 6.71. The Morgan fingerprint density at radius 2 is 2.06 bits per heavy atom. The molecule has 0 aliphatic carbocycles. The molecule has 0 amide bonds. The van der Waals surface area contributed by atoms with E-state index in [4.69, 9.17) is 14.2 Å². The number of aromatic nitrogens is 3. The van der Waals surface area contributed by atoms with E-state index in [1.54, 1.807) is 18.3 Å². The highest BCUT2D eigenvalue weighted by atomic mass is 19.1. The number of likely N-dealkylation sites (tertiary alicyclic amines) is 1. The SMILES string of the molecule is COc1ccc2ncc(F)c(CCN3CCC(NCc4cc5c(cn4)OCCO5)C(CO)C3)c2n1. The number of methoxy groups -OCH3 is 1. The van der Waals surface area contributed by atoms with Gasteiger partial charge >= 0.3 is 0 Å². The number of hydrogen-bond donors (Lipinski definition) is 2. The Hall–Kier alpha value is -3.08. The molecule has 1 saturated heterocycles. The first-order chi connectivity index (χ1) is 17.1. The lowest BCUT2D eigenvalue weighted by molar-refractivity contribution is 0.0896. The fourth-order valence-corrected chi connectivity index (χ4v) is 4.78. The molecule has 2 aliphatic heterocycles. The van der Waals surface area contributed by atoms with Gasteiger partial charge in [0.15, 0.2) is 11.5 Å². The van der Waals surface area contributed by atoms with Crippen LogP contribution >= 0.6 is 0 Å². The number of rotatable bonds is 8. The molecule has 2 aliphatic rings. The summed E-state index contributed by atoms with van der Waals surface area (Å²) in [5.74, 6) is 1.54. The summed E-state index contributed by atoms with van der Waals surface area (Å²) in [6.07, 6.45) is 4.33. The van der Waals surface area contributed by atoms with E-state index in [1.807, 2.05) is 6.07 Å². The Morgan fingerprint density at radius 1 is 1.20 bits per heavy atom. The monoisotopic (exact) mass is 483 g/mol. The molecule has 186 valence electrons. The predicted octanol–water partition coefficient (Wildman–Crippen LogP) is 1.96. The van der Waals surface area contributed by atoms with Gasteiger partial charge in [0.2, 0.25) is 5.88 Å². The molecule has 3 aromatic rings. The Kier molecular flexibility index (Phi) is 7.21. The van der Waals surface area contributed by atoms with Crippen molar-refractivity contribution >= 4 is 11.0 Å². The molecule has 3 aromatic heterocycles. The fraction of sp³-hybridized carbons (Fsp3) is 0.480. The lowest BCUT2D eigenvalue weighted by Gasteiger charge is -2.38. The highest BCUT2D eigenvalue weighted by molar-refractivity contribution is 5.78. The number of aliphatic hydroxyl groups is 1. The van der Waals surface area contributed by atoms with Crippen molar-refractivity contribution in [3.8, 4) is 17.4 Å². The molecule has 9 nitrogen and oxygen atoms in total. The second-order valence-corrected chi connectivity index (χ2v) is 8.89. The average Bonchev–Trinajstić information content (AvgIpc) is 2.91. The highest BCUT2D eigenvalue weighted by Crippen LogP contribution is 2.29. The molecule has 0 spiro atoms. The molecule has 0 saturated carbocycles. The first kappa shape index (κ1) is 23.7. The van der Waals surface area contributed by atoms with Gasteiger partial charge in [0.05, 0.1) is 36.2 Å². The molecule has 2 N–H and O–H groups in total. The second kappa shape index (κ2) is 10.7. The van der Waals surface area contributed by atoms with Crippen LogP contribution in [0.5, 0.6) is 17.4 Å². The van der Waals surface area contributed by atoms with Gasteiger partial charge in [-0.3, -0.25) is 9.97 Å².